The average Bonchev–Trinajstić information content (AvgIpc) is 2.80. The van der Waals surface area contributed by atoms with E-state index in [0.29, 0.717) is 5.76 Å². The summed E-state index contributed by atoms with van der Waals surface area (Å²) >= 11 is 0. The van der Waals surface area contributed by atoms with E-state index in [2.05, 4.69) is 9.97 Å². The molecule has 0 atom stereocenters. The van der Waals surface area contributed by atoms with Gasteiger partial charge in [-0.2, -0.15) is 4.98 Å². The SMILES string of the molecule is COc1nc(-c2ccco2)nc(N)c1C(=O)O. The lowest BCUT2D eigenvalue weighted by Crippen LogP contribution is -2.10. The summed E-state index contributed by atoms with van der Waals surface area (Å²) in [6, 6.07) is 3.29. The summed E-state index contributed by atoms with van der Waals surface area (Å²) in [6.45, 7) is 0. The first-order valence-corrected chi connectivity index (χ1v) is 4.62. The first-order valence-electron chi connectivity index (χ1n) is 4.62. The van der Waals surface area contributed by atoms with Crippen molar-refractivity contribution in [1.29, 1.82) is 0 Å². The minimum Gasteiger partial charge on any atom is -0.480 e. The second-order valence-corrected chi connectivity index (χ2v) is 3.10. The molecule has 2 aromatic heterocycles. The maximum absolute atomic E-state index is 10.9. The number of aromatic carboxylic acids is 1. The summed E-state index contributed by atoms with van der Waals surface area (Å²) in [5, 5.41) is 8.94. The van der Waals surface area contributed by atoms with E-state index < -0.39 is 5.97 Å². The number of rotatable bonds is 3. The Morgan fingerprint density at radius 2 is 2.29 bits per heavy atom. The van der Waals surface area contributed by atoms with Crippen LogP contribution < -0.4 is 10.5 Å². The molecule has 0 aromatic carbocycles. The Balaban J connectivity index is 2.60. The van der Waals surface area contributed by atoms with Crippen molar-refractivity contribution in [3.05, 3.63) is 24.0 Å². The number of nitrogens with zero attached hydrogens (tertiary/aromatic N) is 2. The Labute approximate surface area is 95.9 Å². The highest BCUT2D eigenvalue weighted by molar-refractivity contribution is 5.95. The van der Waals surface area contributed by atoms with Crippen LogP contribution in [0.1, 0.15) is 10.4 Å². The second kappa shape index (κ2) is 4.12. The predicted octanol–water partition coefficient (Wildman–Crippen LogP) is 1.03. The van der Waals surface area contributed by atoms with Crippen LogP contribution in [0.3, 0.4) is 0 Å². The highest BCUT2D eigenvalue weighted by Crippen LogP contribution is 2.25. The third kappa shape index (κ3) is 1.89. The number of carboxylic acids is 1. The molecule has 0 fully saturated rings. The largest absolute Gasteiger partial charge is 0.480 e. The van der Waals surface area contributed by atoms with Gasteiger partial charge >= 0.3 is 5.97 Å². The molecule has 2 heterocycles. The molecular formula is C10H9N3O4. The van der Waals surface area contributed by atoms with Crippen molar-refractivity contribution in [2.45, 2.75) is 0 Å². The van der Waals surface area contributed by atoms with Crippen LogP contribution in [0.5, 0.6) is 5.88 Å². The van der Waals surface area contributed by atoms with E-state index in [1.807, 2.05) is 0 Å². The number of carboxylic acid groups (broad SMARTS) is 1. The molecule has 0 amide bonds. The van der Waals surface area contributed by atoms with E-state index >= 15 is 0 Å². The zero-order valence-corrected chi connectivity index (χ0v) is 8.88. The monoisotopic (exact) mass is 235 g/mol. The molecule has 0 saturated carbocycles. The fourth-order valence-electron chi connectivity index (χ4n) is 1.32. The van der Waals surface area contributed by atoms with Crippen molar-refractivity contribution in [3.8, 4) is 17.5 Å². The third-order valence-electron chi connectivity index (χ3n) is 2.05. The number of carbonyl (C=O) groups is 1. The molecule has 0 unspecified atom stereocenters. The summed E-state index contributed by atoms with van der Waals surface area (Å²) in [7, 11) is 1.31. The number of furan rings is 1. The molecule has 17 heavy (non-hydrogen) atoms. The Morgan fingerprint density at radius 1 is 1.53 bits per heavy atom. The molecule has 0 aliphatic carbocycles. The van der Waals surface area contributed by atoms with Gasteiger partial charge in [0.2, 0.25) is 11.7 Å². The summed E-state index contributed by atoms with van der Waals surface area (Å²) in [4.78, 5) is 18.7. The van der Waals surface area contributed by atoms with Gasteiger partial charge in [0.15, 0.2) is 11.3 Å². The smallest absolute Gasteiger partial charge is 0.345 e. The fraction of sp³-hybridized carbons (Fsp3) is 0.100. The molecule has 2 aromatic rings. The number of anilines is 1. The number of aromatic nitrogens is 2. The van der Waals surface area contributed by atoms with Crippen LogP contribution in [0.4, 0.5) is 5.82 Å². The van der Waals surface area contributed by atoms with Gasteiger partial charge in [-0.05, 0) is 12.1 Å². The molecule has 0 bridgehead atoms. The lowest BCUT2D eigenvalue weighted by molar-refractivity contribution is 0.0693. The van der Waals surface area contributed by atoms with Crippen molar-refractivity contribution < 1.29 is 19.1 Å². The van der Waals surface area contributed by atoms with Crippen LogP contribution >= 0.6 is 0 Å². The van der Waals surface area contributed by atoms with Gasteiger partial charge in [0.1, 0.15) is 5.82 Å². The molecule has 0 radical (unpaired) electrons. The quantitative estimate of drug-likeness (QED) is 0.816. The summed E-state index contributed by atoms with van der Waals surface area (Å²) in [6.07, 6.45) is 1.45. The second-order valence-electron chi connectivity index (χ2n) is 3.10. The maximum atomic E-state index is 10.9. The molecular weight excluding hydrogens is 226 g/mol. The first-order chi connectivity index (χ1) is 8.13. The van der Waals surface area contributed by atoms with Crippen LogP contribution in [-0.2, 0) is 0 Å². The fourth-order valence-corrected chi connectivity index (χ4v) is 1.32. The Kier molecular flexibility index (Phi) is 2.65. The van der Waals surface area contributed by atoms with Gasteiger partial charge in [0.25, 0.3) is 0 Å². The van der Waals surface area contributed by atoms with Crippen molar-refractivity contribution in [2.24, 2.45) is 0 Å². The van der Waals surface area contributed by atoms with Gasteiger partial charge in [0.05, 0.1) is 13.4 Å². The summed E-state index contributed by atoms with van der Waals surface area (Å²) in [5.74, 6) is -0.959. The highest BCUT2D eigenvalue weighted by Gasteiger charge is 2.20. The number of methoxy groups -OCH3 is 1. The summed E-state index contributed by atoms with van der Waals surface area (Å²) in [5.41, 5.74) is 5.29. The van der Waals surface area contributed by atoms with E-state index in [0.717, 1.165) is 0 Å². The predicted molar refractivity (Wildman–Crippen MR) is 57.7 cm³/mol. The van der Waals surface area contributed by atoms with E-state index in [4.69, 9.17) is 20.0 Å². The number of nitrogen functional groups attached to an aromatic ring is 1. The van der Waals surface area contributed by atoms with Gasteiger partial charge in [-0.15, -0.1) is 0 Å². The molecule has 7 nitrogen and oxygen atoms in total. The normalized spacial score (nSPS) is 10.2. The molecule has 0 aliphatic rings. The third-order valence-corrected chi connectivity index (χ3v) is 2.05. The van der Waals surface area contributed by atoms with E-state index in [1.54, 1.807) is 12.1 Å². The topological polar surface area (TPSA) is 111 Å². The van der Waals surface area contributed by atoms with Crippen molar-refractivity contribution in [2.75, 3.05) is 12.8 Å². The van der Waals surface area contributed by atoms with Crippen molar-refractivity contribution in [1.82, 2.24) is 9.97 Å². The number of ether oxygens (including phenoxy) is 1. The minimum atomic E-state index is -1.25. The van der Waals surface area contributed by atoms with Crippen LogP contribution in [0.2, 0.25) is 0 Å². The average molecular weight is 235 g/mol. The Hall–Kier alpha value is -2.57. The zero-order chi connectivity index (χ0) is 12.4. The molecule has 0 aliphatic heterocycles. The number of nitrogens with two attached hydrogens (primary N) is 1. The van der Waals surface area contributed by atoms with Crippen molar-refractivity contribution >= 4 is 11.8 Å². The van der Waals surface area contributed by atoms with Gasteiger partial charge in [-0.1, -0.05) is 0 Å². The minimum absolute atomic E-state index is 0.101. The first kappa shape index (κ1) is 10.9. The molecule has 7 heteroatoms. The van der Waals surface area contributed by atoms with Gasteiger partial charge in [0, 0.05) is 0 Å². The van der Waals surface area contributed by atoms with Gasteiger partial charge in [-0.3, -0.25) is 0 Å². The summed E-state index contributed by atoms with van der Waals surface area (Å²) < 4.78 is 9.96. The van der Waals surface area contributed by atoms with Gasteiger partial charge in [-0.25, -0.2) is 9.78 Å². The van der Waals surface area contributed by atoms with Crippen LogP contribution in [0.25, 0.3) is 11.6 Å². The number of hydrogen-bond acceptors (Lipinski definition) is 6. The molecule has 0 spiro atoms. The van der Waals surface area contributed by atoms with E-state index in [1.165, 1.54) is 13.4 Å². The maximum Gasteiger partial charge on any atom is 0.345 e. The van der Waals surface area contributed by atoms with Crippen molar-refractivity contribution in [3.63, 3.8) is 0 Å². The Bertz CT molecular complexity index is 551. The standard InChI is InChI=1S/C10H9N3O4/c1-16-9-6(10(14)15)7(11)12-8(13-9)5-3-2-4-17-5/h2-4H,1H3,(H,14,15)(H2,11,12,13). The lowest BCUT2D eigenvalue weighted by Gasteiger charge is -2.07. The van der Waals surface area contributed by atoms with Crippen LogP contribution in [-0.4, -0.2) is 28.2 Å². The molecule has 2 rings (SSSR count). The van der Waals surface area contributed by atoms with Crippen LogP contribution in [0.15, 0.2) is 22.8 Å². The lowest BCUT2D eigenvalue weighted by atomic mass is 10.3. The zero-order valence-electron chi connectivity index (χ0n) is 8.88. The molecule has 0 saturated heterocycles. The molecule has 3 N–H and O–H groups in total. The Morgan fingerprint density at radius 3 is 2.82 bits per heavy atom. The number of hydrogen-bond donors (Lipinski definition) is 2. The van der Waals surface area contributed by atoms with E-state index in [9.17, 15) is 4.79 Å². The molecule has 88 valence electrons. The van der Waals surface area contributed by atoms with E-state index in [-0.39, 0.29) is 23.1 Å². The van der Waals surface area contributed by atoms with Crippen LogP contribution in [0, 0.1) is 0 Å². The highest BCUT2D eigenvalue weighted by atomic mass is 16.5. The van der Waals surface area contributed by atoms with Gasteiger partial charge < -0.3 is 20.0 Å².